The fourth-order valence-corrected chi connectivity index (χ4v) is 1.29. The van der Waals surface area contributed by atoms with Crippen molar-refractivity contribution in [2.45, 2.75) is 18.9 Å². The summed E-state index contributed by atoms with van der Waals surface area (Å²) in [5.74, 6) is -0.971. The number of hydrogen-bond donors (Lipinski definition) is 2. The van der Waals surface area contributed by atoms with Crippen molar-refractivity contribution in [3.63, 3.8) is 0 Å². The fraction of sp³-hybridized carbons (Fsp3) is 0.667. The van der Waals surface area contributed by atoms with Gasteiger partial charge in [-0.1, -0.05) is 0 Å². The fourth-order valence-electron chi connectivity index (χ4n) is 1.29. The Hall–Kier alpha value is -1.26. The van der Waals surface area contributed by atoms with E-state index in [2.05, 4.69) is 0 Å². The molecule has 62 valence electrons. The minimum atomic E-state index is -0.971. The van der Waals surface area contributed by atoms with Gasteiger partial charge in [0.05, 0.1) is 0 Å². The molecular weight excluding hydrogens is 148 g/mol. The molecule has 1 atom stereocenters. The Kier molecular flexibility index (Phi) is 1.98. The summed E-state index contributed by atoms with van der Waals surface area (Å²) in [4.78, 5) is 22.3. The molecule has 2 amide bonds. The van der Waals surface area contributed by atoms with Crippen molar-refractivity contribution >= 4 is 12.0 Å². The summed E-state index contributed by atoms with van der Waals surface area (Å²) in [6.07, 6.45) is 1.23. The van der Waals surface area contributed by atoms with Gasteiger partial charge in [-0.3, -0.25) is 0 Å². The summed E-state index contributed by atoms with van der Waals surface area (Å²) in [6, 6.07) is -1.34. The van der Waals surface area contributed by atoms with Crippen LogP contribution in [0.4, 0.5) is 4.79 Å². The van der Waals surface area contributed by atoms with Crippen LogP contribution in [0.15, 0.2) is 0 Å². The number of carboxylic acids is 1. The van der Waals surface area contributed by atoms with Crippen LogP contribution in [0.3, 0.4) is 0 Å². The molecule has 0 aromatic heterocycles. The first-order chi connectivity index (χ1) is 5.13. The van der Waals surface area contributed by atoms with Crippen molar-refractivity contribution < 1.29 is 14.7 Å². The van der Waals surface area contributed by atoms with Crippen LogP contribution >= 0.6 is 0 Å². The number of carbonyl (C=O) groups excluding carboxylic acids is 1. The number of hydrogen-bond acceptors (Lipinski definition) is 2. The minimum Gasteiger partial charge on any atom is -0.480 e. The third-order valence-electron chi connectivity index (χ3n) is 1.82. The molecule has 11 heavy (non-hydrogen) atoms. The van der Waals surface area contributed by atoms with Crippen LogP contribution in [0.25, 0.3) is 0 Å². The highest BCUT2D eigenvalue weighted by atomic mass is 16.4. The molecule has 0 saturated carbocycles. The Morgan fingerprint density at radius 1 is 1.55 bits per heavy atom. The van der Waals surface area contributed by atoms with Gasteiger partial charge in [-0.2, -0.15) is 0 Å². The second-order valence-corrected chi connectivity index (χ2v) is 2.53. The Labute approximate surface area is 63.8 Å². The first-order valence-corrected chi connectivity index (χ1v) is 3.42. The lowest BCUT2D eigenvalue weighted by molar-refractivity contribution is -0.141. The average Bonchev–Trinajstić information content (AvgIpc) is 2.32. The zero-order valence-electron chi connectivity index (χ0n) is 5.99. The second-order valence-electron chi connectivity index (χ2n) is 2.53. The largest absolute Gasteiger partial charge is 0.480 e. The Morgan fingerprint density at radius 2 is 2.18 bits per heavy atom. The Morgan fingerprint density at radius 3 is 2.55 bits per heavy atom. The number of carboxylic acid groups (broad SMARTS) is 1. The van der Waals surface area contributed by atoms with Crippen LogP contribution in [0.1, 0.15) is 12.8 Å². The van der Waals surface area contributed by atoms with Gasteiger partial charge in [0.2, 0.25) is 0 Å². The number of primary amides is 1. The predicted octanol–water partition coefficient (Wildman–Crippen LogP) is -0.386. The predicted molar refractivity (Wildman–Crippen MR) is 36.9 cm³/mol. The highest BCUT2D eigenvalue weighted by molar-refractivity contribution is 5.82. The highest BCUT2D eigenvalue weighted by Gasteiger charge is 2.32. The van der Waals surface area contributed by atoms with E-state index in [0.717, 1.165) is 6.42 Å². The van der Waals surface area contributed by atoms with E-state index in [0.29, 0.717) is 13.0 Å². The number of nitrogens with zero attached hydrogens (tertiary/aromatic N) is 1. The molecule has 5 nitrogen and oxygen atoms in total. The number of carbonyl (C=O) groups is 2. The number of amides is 2. The summed E-state index contributed by atoms with van der Waals surface area (Å²) in [5, 5.41) is 8.58. The average molecular weight is 158 g/mol. The zero-order chi connectivity index (χ0) is 8.43. The van der Waals surface area contributed by atoms with Gasteiger partial charge in [-0.05, 0) is 12.8 Å². The third kappa shape index (κ3) is 1.42. The van der Waals surface area contributed by atoms with Gasteiger partial charge >= 0.3 is 12.0 Å². The van der Waals surface area contributed by atoms with E-state index < -0.39 is 18.0 Å². The standard InChI is InChI=1S/C6H10N2O3/c7-6(11)8-3-1-2-4(8)5(9)10/h4H,1-3H2,(H2,7,11)(H,9,10)/t4-/m0/s1. The molecule has 1 aliphatic rings. The first-order valence-electron chi connectivity index (χ1n) is 3.42. The van der Waals surface area contributed by atoms with Crippen molar-refractivity contribution in [2.75, 3.05) is 6.54 Å². The molecule has 0 aromatic carbocycles. The van der Waals surface area contributed by atoms with Gasteiger partial charge in [-0.15, -0.1) is 0 Å². The highest BCUT2D eigenvalue weighted by Crippen LogP contribution is 2.16. The normalized spacial score (nSPS) is 23.6. The number of nitrogens with two attached hydrogens (primary N) is 1. The summed E-state index contributed by atoms with van der Waals surface area (Å²) in [7, 11) is 0. The quantitative estimate of drug-likeness (QED) is 0.545. The molecule has 1 fully saturated rings. The van der Waals surface area contributed by atoms with Gasteiger partial charge in [-0.25, -0.2) is 9.59 Å². The number of aliphatic carboxylic acids is 1. The van der Waals surface area contributed by atoms with Gasteiger partial charge < -0.3 is 15.7 Å². The summed E-state index contributed by atoms with van der Waals surface area (Å²) < 4.78 is 0. The maximum atomic E-state index is 10.6. The van der Waals surface area contributed by atoms with E-state index in [1.54, 1.807) is 0 Å². The van der Waals surface area contributed by atoms with E-state index in [-0.39, 0.29) is 0 Å². The lowest BCUT2D eigenvalue weighted by Crippen LogP contribution is -2.43. The van der Waals surface area contributed by atoms with E-state index in [9.17, 15) is 9.59 Å². The van der Waals surface area contributed by atoms with Crippen LogP contribution in [0.5, 0.6) is 0 Å². The molecule has 1 rings (SSSR count). The monoisotopic (exact) mass is 158 g/mol. The smallest absolute Gasteiger partial charge is 0.326 e. The maximum Gasteiger partial charge on any atom is 0.326 e. The summed E-state index contributed by atoms with van der Waals surface area (Å²) in [6.45, 7) is 0.465. The lowest BCUT2D eigenvalue weighted by atomic mass is 10.2. The summed E-state index contributed by atoms with van der Waals surface area (Å²) in [5.41, 5.74) is 4.95. The van der Waals surface area contributed by atoms with Crippen molar-refractivity contribution in [3.05, 3.63) is 0 Å². The molecule has 5 heteroatoms. The summed E-state index contributed by atoms with van der Waals surface area (Å²) >= 11 is 0. The first kappa shape index (κ1) is 7.84. The van der Waals surface area contributed by atoms with E-state index in [1.807, 2.05) is 0 Å². The zero-order valence-corrected chi connectivity index (χ0v) is 5.99. The van der Waals surface area contributed by atoms with E-state index in [4.69, 9.17) is 10.8 Å². The molecule has 1 saturated heterocycles. The van der Waals surface area contributed by atoms with Crippen LogP contribution in [0.2, 0.25) is 0 Å². The maximum absolute atomic E-state index is 10.6. The molecular formula is C6H10N2O3. The van der Waals surface area contributed by atoms with Crippen molar-refractivity contribution in [3.8, 4) is 0 Å². The van der Waals surface area contributed by atoms with Crippen LogP contribution in [-0.2, 0) is 4.79 Å². The molecule has 0 radical (unpaired) electrons. The number of likely N-dealkylation sites (tertiary alicyclic amines) is 1. The molecule has 0 aromatic rings. The number of urea groups is 1. The van der Waals surface area contributed by atoms with Crippen molar-refractivity contribution in [2.24, 2.45) is 5.73 Å². The van der Waals surface area contributed by atoms with Crippen LogP contribution < -0.4 is 5.73 Å². The van der Waals surface area contributed by atoms with Gasteiger partial charge in [0.1, 0.15) is 6.04 Å². The van der Waals surface area contributed by atoms with Gasteiger partial charge in [0, 0.05) is 6.54 Å². The second kappa shape index (κ2) is 2.77. The Balaban J connectivity index is 2.65. The molecule has 1 aliphatic heterocycles. The molecule has 0 aliphatic carbocycles. The number of rotatable bonds is 1. The lowest BCUT2D eigenvalue weighted by Gasteiger charge is -2.17. The van der Waals surface area contributed by atoms with Gasteiger partial charge in [0.15, 0.2) is 0 Å². The van der Waals surface area contributed by atoms with Crippen molar-refractivity contribution in [1.82, 2.24) is 4.90 Å². The molecule has 0 bridgehead atoms. The molecule has 0 unspecified atom stereocenters. The van der Waals surface area contributed by atoms with E-state index in [1.165, 1.54) is 4.90 Å². The van der Waals surface area contributed by atoms with Gasteiger partial charge in [0.25, 0.3) is 0 Å². The molecule has 1 heterocycles. The van der Waals surface area contributed by atoms with E-state index >= 15 is 0 Å². The third-order valence-corrected chi connectivity index (χ3v) is 1.82. The molecule has 3 N–H and O–H groups in total. The van der Waals surface area contributed by atoms with Crippen LogP contribution in [-0.4, -0.2) is 34.6 Å². The van der Waals surface area contributed by atoms with Crippen molar-refractivity contribution in [1.29, 1.82) is 0 Å². The topological polar surface area (TPSA) is 83.6 Å². The van der Waals surface area contributed by atoms with Crippen LogP contribution in [0, 0.1) is 0 Å². The molecule has 0 spiro atoms. The SMILES string of the molecule is NC(=O)N1CCC[C@H]1C(=O)O. The minimum absolute atomic E-state index is 0.465. The Bertz CT molecular complexity index is 172.